The lowest BCUT2D eigenvalue weighted by Gasteiger charge is -2.17. The molecule has 0 atom stereocenters. The van der Waals surface area contributed by atoms with Crippen molar-refractivity contribution in [2.45, 2.75) is 37.5 Å². The maximum Gasteiger partial charge on any atom is 0.251 e. The molecule has 1 heterocycles. The summed E-state index contributed by atoms with van der Waals surface area (Å²) in [5.41, 5.74) is 1.49. The molecule has 1 aromatic heterocycles. The van der Waals surface area contributed by atoms with E-state index in [1.165, 1.54) is 16.4 Å². The monoisotopic (exact) mass is 389 g/mol. The molecule has 0 fully saturated rings. The van der Waals surface area contributed by atoms with Crippen molar-refractivity contribution >= 4 is 15.9 Å². The highest BCUT2D eigenvalue weighted by molar-refractivity contribution is 7.89. The Morgan fingerprint density at radius 2 is 1.74 bits per heavy atom. The van der Waals surface area contributed by atoms with Crippen molar-refractivity contribution in [1.29, 1.82) is 0 Å². The predicted molar refractivity (Wildman–Crippen MR) is 106 cm³/mol. The van der Waals surface area contributed by atoms with Gasteiger partial charge in [-0.25, -0.2) is 12.7 Å². The van der Waals surface area contributed by atoms with Gasteiger partial charge in [-0.3, -0.25) is 9.78 Å². The molecule has 2 rings (SSSR count). The van der Waals surface area contributed by atoms with Gasteiger partial charge in [0.25, 0.3) is 5.91 Å². The van der Waals surface area contributed by atoms with Crippen molar-refractivity contribution < 1.29 is 13.2 Å². The zero-order valence-electron chi connectivity index (χ0n) is 15.9. The number of sulfonamides is 1. The van der Waals surface area contributed by atoms with Crippen LogP contribution in [0, 0.1) is 0 Å². The smallest absolute Gasteiger partial charge is 0.251 e. The number of amides is 1. The zero-order chi connectivity index (χ0) is 19.7. The highest BCUT2D eigenvalue weighted by Gasteiger charge is 2.20. The Bertz CT molecular complexity index is 821. The topological polar surface area (TPSA) is 79.4 Å². The molecule has 0 saturated heterocycles. The van der Waals surface area contributed by atoms with Crippen LogP contribution in [0.25, 0.3) is 0 Å². The highest BCUT2D eigenvalue weighted by atomic mass is 32.2. The van der Waals surface area contributed by atoms with E-state index in [0.29, 0.717) is 25.1 Å². The number of hydrogen-bond acceptors (Lipinski definition) is 4. The van der Waals surface area contributed by atoms with Gasteiger partial charge >= 0.3 is 0 Å². The Morgan fingerprint density at radius 1 is 1.07 bits per heavy atom. The number of unbranched alkanes of at least 4 members (excludes halogenated alkanes) is 2. The van der Waals surface area contributed by atoms with Gasteiger partial charge in [-0.2, -0.15) is 0 Å². The Kier molecular flexibility index (Phi) is 7.94. The van der Waals surface area contributed by atoms with Crippen molar-refractivity contribution in [3.63, 3.8) is 0 Å². The molecular weight excluding hydrogens is 362 g/mol. The van der Waals surface area contributed by atoms with E-state index in [-0.39, 0.29) is 10.8 Å². The van der Waals surface area contributed by atoms with Gasteiger partial charge in [-0.05, 0) is 54.8 Å². The van der Waals surface area contributed by atoms with Crippen LogP contribution in [0.1, 0.15) is 42.1 Å². The summed E-state index contributed by atoms with van der Waals surface area (Å²) in [5.74, 6) is -0.180. The van der Waals surface area contributed by atoms with Crippen LogP contribution < -0.4 is 5.32 Å². The zero-order valence-corrected chi connectivity index (χ0v) is 16.7. The van der Waals surface area contributed by atoms with Gasteiger partial charge in [0, 0.05) is 38.1 Å². The van der Waals surface area contributed by atoms with Crippen LogP contribution in [-0.4, -0.2) is 43.8 Å². The summed E-state index contributed by atoms with van der Waals surface area (Å²) < 4.78 is 26.7. The normalized spacial score (nSPS) is 11.5. The summed E-state index contributed by atoms with van der Waals surface area (Å²) in [7, 11) is -2.03. The Labute approximate surface area is 161 Å². The van der Waals surface area contributed by atoms with Crippen molar-refractivity contribution in [2.24, 2.45) is 0 Å². The minimum Gasteiger partial charge on any atom is -0.352 e. The highest BCUT2D eigenvalue weighted by Crippen LogP contribution is 2.16. The summed E-state index contributed by atoms with van der Waals surface area (Å²) in [4.78, 5) is 16.2. The van der Waals surface area contributed by atoms with Crippen LogP contribution in [0.2, 0.25) is 0 Å². The Balaban J connectivity index is 1.96. The van der Waals surface area contributed by atoms with Gasteiger partial charge in [-0.15, -0.1) is 0 Å². The summed E-state index contributed by atoms with van der Waals surface area (Å²) in [6.07, 6.45) is 7.10. The number of likely N-dealkylation sites (N-methyl/N-ethyl adjacent to an activating group) is 1. The molecule has 27 heavy (non-hydrogen) atoms. The van der Waals surface area contributed by atoms with Gasteiger partial charge in [0.1, 0.15) is 0 Å². The van der Waals surface area contributed by atoms with Crippen molar-refractivity contribution in [2.75, 3.05) is 20.1 Å². The fraction of sp³-hybridized carbons (Fsp3) is 0.400. The van der Waals surface area contributed by atoms with Crippen molar-refractivity contribution in [3.05, 3.63) is 59.9 Å². The first kappa shape index (κ1) is 21.1. The molecule has 7 heteroatoms. The van der Waals surface area contributed by atoms with Crippen LogP contribution in [-0.2, 0) is 16.4 Å². The number of benzene rings is 1. The van der Waals surface area contributed by atoms with E-state index >= 15 is 0 Å². The fourth-order valence-electron chi connectivity index (χ4n) is 2.59. The lowest BCUT2D eigenvalue weighted by atomic mass is 10.2. The molecule has 146 valence electrons. The molecule has 1 aromatic carbocycles. The molecule has 2 aromatic rings. The number of carbonyl (C=O) groups is 1. The van der Waals surface area contributed by atoms with Gasteiger partial charge < -0.3 is 5.32 Å². The number of pyridine rings is 1. The van der Waals surface area contributed by atoms with E-state index in [2.05, 4.69) is 17.2 Å². The summed E-state index contributed by atoms with van der Waals surface area (Å²) in [5, 5.41) is 2.85. The van der Waals surface area contributed by atoms with E-state index < -0.39 is 10.0 Å². The molecule has 0 aliphatic heterocycles. The first-order valence-corrected chi connectivity index (χ1v) is 10.6. The van der Waals surface area contributed by atoms with Crippen molar-refractivity contribution in [3.8, 4) is 0 Å². The number of rotatable bonds is 10. The maximum atomic E-state index is 12.7. The van der Waals surface area contributed by atoms with Gasteiger partial charge in [0.05, 0.1) is 4.90 Å². The van der Waals surface area contributed by atoms with Crippen LogP contribution in [0.4, 0.5) is 0 Å². The van der Waals surface area contributed by atoms with E-state index in [1.807, 2.05) is 12.1 Å². The van der Waals surface area contributed by atoms with Gasteiger partial charge in [-0.1, -0.05) is 19.8 Å². The molecule has 0 radical (unpaired) electrons. The molecule has 0 aliphatic carbocycles. The Hall–Kier alpha value is -2.25. The second kappa shape index (κ2) is 10.2. The molecule has 1 amide bonds. The first-order chi connectivity index (χ1) is 12.9. The van der Waals surface area contributed by atoms with Gasteiger partial charge in [0.2, 0.25) is 10.0 Å². The molecule has 1 N–H and O–H groups in total. The quantitative estimate of drug-likeness (QED) is 0.634. The number of aromatic nitrogens is 1. The number of nitrogens with zero attached hydrogens (tertiary/aromatic N) is 2. The lowest BCUT2D eigenvalue weighted by Crippen LogP contribution is -2.29. The summed E-state index contributed by atoms with van der Waals surface area (Å²) in [6.45, 7) is 3.10. The number of carbonyl (C=O) groups excluding carboxylic acids is 1. The summed E-state index contributed by atoms with van der Waals surface area (Å²) >= 11 is 0. The third-order valence-electron chi connectivity index (χ3n) is 4.36. The molecule has 0 saturated carbocycles. The average Bonchev–Trinajstić information content (AvgIpc) is 2.70. The standard InChI is InChI=1S/C20H27N3O3S/c1-3-4-5-13-22-20(24)18-6-8-19(9-7-18)27(25,26)23(2)16-12-17-10-14-21-15-11-17/h6-11,14-15H,3-5,12-13,16H2,1-2H3,(H,22,24). The van der Waals surface area contributed by atoms with Crippen LogP contribution in [0.5, 0.6) is 0 Å². The molecule has 0 unspecified atom stereocenters. The third-order valence-corrected chi connectivity index (χ3v) is 6.23. The Morgan fingerprint density at radius 3 is 2.37 bits per heavy atom. The first-order valence-electron chi connectivity index (χ1n) is 9.18. The van der Waals surface area contributed by atoms with Gasteiger partial charge in [0.15, 0.2) is 0 Å². The van der Waals surface area contributed by atoms with E-state index in [4.69, 9.17) is 0 Å². The fourth-order valence-corrected chi connectivity index (χ4v) is 3.76. The predicted octanol–water partition coefficient (Wildman–Crippen LogP) is 2.86. The van der Waals surface area contributed by atoms with Crippen LogP contribution in [0.15, 0.2) is 53.7 Å². The largest absolute Gasteiger partial charge is 0.352 e. The van der Waals surface area contributed by atoms with Crippen LogP contribution in [0.3, 0.4) is 0 Å². The molecule has 0 bridgehead atoms. The lowest BCUT2D eigenvalue weighted by molar-refractivity contribution is 0.0953. The second-order valence-electron chi connectivity index (χ2n) is 6.42. The third kappa shape index (κ3) is 6.15. The van der Waals surface area contributed by atoms with Crippen LogP contribution >= 0.6 is 0 Å². The second-order valence-corrected chi connectivity index (χ2v) is 8.46. The number of nitrogens with one attached hydrogen (secondary N) is 1. The van der Waals surface area contributed by atoms with Crippen molar-refractivity contribution in [1.82, 2.24) is 14.6 Å². The average molecular weight is 390 g/mol. The number of hydrogen-bond donors (Lipinski definition) is 1. The van der Waals surface area contributed by atoms with E-state index in [1.54, 1.807) is 31.6 Å². The molecule has 6 nitrogen and oxygen atoms in total. The maximum absolute atomic E-state index is 12.7. The van der Waals surface area contributed by atoms with E-state index in [9.17, 15) is 13.2 Å². The summed E-state index contributed by atoms with van der Waals surface area (Å²) in [6, 6.07) is 9.82. The molecule has 0 spiro atoms. The van der Waals surface area contributed by atoms with E-state index in [0.717, 1.165) is 24.8 Å². The molecule has 0 aliphatic rings. The minimum absolute atomic E-state index is 0.180. The SMILES string of the molecule is CCCCCNC(=O)c1ccc(S(=O)(=O)N(C)CCc2ccncc2)cc1. The minimum atomic E-state index is -3.59. The molecular formula is C20H27N3O3S.